The van der Waals surface area contributed by atoms with E-state index < -0.39 is 24.0 Å². The molecule has 212 valence electrons. The molecule has 0 aliphatic carbocycles. The summed E-state index contributed by atoms with van der Waals surface area (Å²) in [4.78, 5) is 42.7. The van der Waals surface area contributed by atoms with Crippen LogP contribution in [0.5, 0.6) is 0 Å². The summed E-state index contributed by atoms with van der Waals surface area (Å²) in [5.74, 6) is -1.60. The number of aromatic carboxylic acids is 1. The van der Waals surface area contributed by atoms with E-state index >= 15 is 0 Å². The molecule has 1 aliphatic heterocycles. The second-order valence-electron chi connectivity index (χ2n) is 10.1. The summed E-state index contributed by atoms with van der Waals surface area (Å²) in [6.45, 7) is 4.80. The van der Waals surface area contributed by atoms with Gasteiger partial charge in [0.15, 0.2) is 0 Å². The van der Waals surface area contributed by atoms with Crippen LogP contribution >= 0.6 is 11.6 Å². The van der Waals surface area contributed by atoms with Gasteiger partial charge in [-0.3, -0.25) is 9.59 Å². The van der Waals surface area contributed by atoms with Crippen LogP contribution in [0.1, 0.15) is 36.3 Å². The number of rotatable bonds is 9. The monoisotopic (exact) mass is 577 g/mol. The van der Waals surface area contributed by atoms with Gasteiger partial charge in [-0.2, -0.15) is 4.68 Å². The lowest BCUT2D eigenvalue weighted by Crippen LogP contribution is -2.48. The molecular formula is C28H28ClN7O5. The molecule has 12 nitrogen and oxygen atoms in total. The molecule has 2 amide bonds. The fourth-order valence-corrected chi connectivity index (χ4v) is 4.93. The molecule has 13 heteroatoms. The summed E-state index contributed by atoms with van der Waals surface area (Å²) in [5.41, 5.74) is 2.40. The predicted octanol–water partition coefficient (Wildman–Crippen LogP) is 3.79. The van der Waals surface area contributed by atoms with Gasteiger partial charge in [0.05, 0.1) is 11.8 Å². The third-order valence-electron chi connectivity index (χ3n) is 6.65. The first-order valence-electron chi connectivity index (χ1n) is 13.0. The smallest absolute Gasteiger partial charge is 0.352 e. The van der Waals surface area contributed by atoms with Gasteiger partial charge in [0.1, 0.15) is 18.1 Å². The number of tetrazole rings is 1. The molecule has 1 aliphatic rings. The normalized spacial score (nSPS) is 17.1. The lowest BCUT2D eigenvalue weighted by molar-refractivity contribution is -0.136. The van der Waals surface area contributed by atoms with E-state index in [0.29, 0.717) is 52.4 Å². The van der Waals surface area contributed by atoms with Crippen LogP contribution in [0.25, 0.3) is 22.7 Å². The molecule has 41 heavy (non-hydrogen) atoms. The van der Waals surface area contributed by atoms with Crippen LogP contribution in [0.4, 0.5) is 5.69 Å². The third kappa shape index (κ3) is 6.28. The number of halogens is 1. The topological polar surface area (TPSA) is 155 Å². The second-order valence-corrected chi connectivity index (χ2v) is 10.5. The van der Waals surface area contributed by atoms with E-state index in [-0.39, 0.29) is 17.5 Å². The first kappa shape index (κ1) is 28.0. The van der Waals surface area contributed by atoms with E-state index in [9.17, 15) is 19.5 Å². The maximum Gasteiger partial charge on any atom is 0.352 e. The first-order valence-corrected chi connectivity index (χ1v) is 13.4. The molecule has 4 aromatic rings. The van der Waals surface area contributed by atoms with Crippen molar-refractivity contribution in [3.8, 4) is 5.69 Å². The number of hydrogen-bond donors (Lipinski definition) is 3. The third-order valence-corrected chi connectivity index (χ3v) is 6.88. The van der Waals surface area contributed by atoms with Gasteiger partial charge in [0, 0.05) is 46.4 Å². The van der Waals surface area contributed by atoms with Gasteiger partial charge in [-0.1, -0.05) is 25.4 Å². The molecule has 0 unspecified atom stereocenters. The van der Waals surface area contributed by atoms with Crippen molar-refractivity contribution in [1.29, 1.82) is 0 Å². The minimum absolute atomic E-state index is 0.0490. The zero-order valence-corrected chi connectivity index (χ0v) is 23.1. The fourth-order valence-electron chi connectivity index (χ4n) is 4.75. The number of hydrogen-bond acceptors (Lipinski definition) is 7. The Kier molecular flexibility index (Phi) is 8.13. The van der Waals surface area contributed by atoms with Crippen molar-refractivity contribution in [3.05, 3.63) is 71.1 Å². The molecule has 1 fully saturated rings. The van der Waals surface area contributed by atoms with Crippen molar-refractivity contribution in [3.63, 3.8) is 0 Å². The van der Waals surface area contributed by atoms with Crippen LogP contribution in [0.2, 0.25) is 5.02 Å². The van der Waals surface area contributed by atoms with Crippen molar-refractivity contribution in [2.24, 2.45) is 5.92 Å². The second kappa shape index (κ2) is 11.9. The number of fused-ring (bicyclic) bond motifs is 1. The highest BCUT2D eigenvalue weighted by Gasteiger charge is 2.42. The van der Waals surface area contributed by atoms with Gasteiger partial charge in [-0.15, -0.1) is 5.10 Å². The van der Waals surface area contributed by atoms with Gasteiger partial charge >= 0.3 is 5.97 Å². The molecule has 0 radical (unpaired) electrons. The average molecular weight is 578 g/mol. The highest BCUT2D eigenvalue weighted by atomic mass is 35.5. The number of nitrogens with one attached hydrogen (secondary N) is 2. The summed E-state index contributed by atoms with van der Waals surface area (Å²) in [6.07, 6.45) is 4.45. The van der Waals surface area contributed by atoms with Crippen molar-refractivity contribution in [2.45, 2.75) is 32.4 Å². The van der Waals surface area contributed by atoms with Gasteiger partial charge in [0.2, 0.25) is 11.8 Å². The zero-order valence-electron chi connectivity index (χ0n) is 22.3. The minimum atomic E-state index is -1.08. The van der Waals surface area contributed by atoms with Gasteiger partial charge in [0.25, 0.3) is 0 Å². The van der Waals surface area contributed by atoms with Crippen molar-refractivity contribution >= 4 is 52.1 Å². The SMILES string of the molecule is CC(C)CO[C@@H]1CCN(C(=O)/C=C/c2cc(Cl)ccc2-n2cnnn2)[C@@H]1C(=O)Nc1ccc2[nH]c(C(=O)O)cc2c1. The summed E-state index contributed by atoms with van der Waals surface area (Å²) in [6, 6.07) is 10.8. The van der Waals surface area contributed by atoms with E-state index in [2.05, 4.69) is 25.8 Å². The molecule has 2 atom stereocenters. The molecule has 0 saturated carbocycles. The Balaban J connectivity index is 1.38. The van der Waals surface area contributed by atoms with Crippen molar-refractivity contribution in [2.75, 3.05) is 18.5 Å². The lowest BCUT2D eigenvalue weighted by atomic mass is 10.1. The highest BCUT2D eigenvalue weighted by Crippen LogP contribution is 2.27. The molecule has 2 aromatic carbocycles. The molecule has 1 saturated heterocycles. The number of H-pyrrole nitrogens is 1. The van der Waals surface area contributed by atoms with Crippen LogP contribution in [0.3, 0.4) is 0 Å². The van der Waals surface area contributed by atoms with Crippen molar-refractivity contribution < 1.29 is 24.2 Å². The highest BCUT2D eigenvalue weighted by molar-refractivity contribution is 6.30. The molecular weight excluding hydrogens is 550 g/mol. The van der Waals surface area contributed by atoms with Crippen LogP contribution in [-0.4, -0.2) is 78.3 Å². The quantitative estimate of drug-likeness (QED) is 0.254. The summed E-state index contributed by atoms with van der Waals surface area (Å²) in [7, 11) is 0. The lowest BCUT2D eigenvalue weighted by Gasteiger charge is -2.27. The Bertz CT molecular complexity index is 1620. The number of nitrogens with zero attached hydrogens (tertiary/aromatic N) is 5. The zero-order chi connectivity index (χ0) is 29.1. The number of carbonyl (C=O) groups is 3. The number of carbonyl (C=O) groups excluding carboxylic acids is 2. The van der Waals surface area contributed by atoms with E-state index in [0.717, 1.165) is 0 Å². The number of amides is 2. The Labute approximate surface area is 239 Å². The van der Waals surface area contributed by atoms with E-state index in [1.807, 2.05) is 13.8 Å². The van der Waals surface area contributed by atoms with E-state index in [1.165, 1.54) is 28.1 Å². The predicted molar refractivity (Wildman–Crippen MR) is 152 cm³/mol. The first-order chi connectivity index (χ1) is 19.7. The Morgan fingerprint density at radius 1 is 1.22 bits per heavy atom. The molecule has 0 bridgehead atoms. The minimum Gasteiger partial charge on any atom is -0.477 e. The van der Waals surface area contributed by atoms with Gasteiger partial charge < -0.3 is 25.0 Å². The Morgan fingerprint density at radius 3 is 2.78 bits per heavy atom. The van der Waals surface area contributed by atoms with Gasteiger partial charge in [-0.25, -0.2) is 4.79 Å². The Morgan fingerprint density at radius 2 is 2.05 bits per heavy atom. The molecule has 2 aromatic heterocycles. The molecule has 5 rings (SSSR count). The van der Waals surface area contributed by atoms with Crippen LogP contribution in [0, 0.1) is 5.92 Å². The van der Waals surface area contributed by atoms with Crippen LogP contribution in [-0.2, 0) is 14.3 Å². The Hall–Kier alpha value is -4.55. The number of carboxylic acid groups (broad SMARTS) is 1. The largest absolute Gasteiger partial charge is 0.477 e. The number of benzene rings is 2. The standard InChI is InChI=1S/C28H28ClN7O5/c1-16(2)14-41-24-9-10-35(25(37)8-3-17-11-19(29)4-7-23(17)36-15-30-33-34-36)26(24)27(38)31-20-5-6-21-18(12-20)13-22(32-21)28(39)40/h3-8,11-13,15-16,24,26,32H,9-10,14H2,1-2H3,(H,31,38)(H,39,40)/b8-3+/t24-,26+/m1/s1. The molecule has 3 N–H and O–H groups in total. The fraction of sp³-hybridized carbons (Fsp3) is 0.286. The number of likely N-dealkylation sites (tertiary alicyclic amines) is 1. The van der Waals surface area contributed by atoms with Gasteiger partial charge in [-0.05, 0) is 71.3 Å². The van der Waals surface area contributed by atoms with Crippen LogP contribution < -0.4 is 5.32 Å². The summed E-state index contributed by atoms with van der Waals surface area (Å²) in [5, 5.41) is 24.5. The number of ether oxygens (including phenoxy) is 1. The molecule has 0 spiro atoms. The number of aromatic amines is 1. The maximum absolute atomic E-state index is 13.6. The number of anilines is 1. The maximum atomic E-state index is 13.6. The average Bonchev–Trinajstić information content (AvgIpc) is 3.70. The molecule has 3 heterocycles. The summed E-state index contributed by atoms with van der Waals surface area (Å²) < 4.78 is 7.53. The summed E-state index contributed by atoms with van der Waals surface area (Å²) >= 11 is 6.20. The number of carboxylic acids is 1. The van der Waals surface area contributed by atoms with Crippen molar-refractivity contribution in [1.82, 2.24) is 30.1 Å². The van der Waals surface area contributed by atoms with Crippen LogP contribution in [0.15, 0.2) is 54.9 Å². The van der Waals surface area contributed by atoms with E-state index in [1.54, 1.807) is 42.5 Å². The van der Waals surface area contributed by atoms with E-state index in [4.69, 9.17) is 16.3 Å². The number of aromatic nitrogens is 5.